The summed E-state index contributed by atoms with van der Waals surface area (Å²) in [7, 11) is 0. The van der Waals surface area contributed by atoms with Crippen molar-refractivity contribution in [3.8, 4) is 5.75 Å². The van der Waals surface area contributed by atoms with Crippen molar-refractivity contribution in [2.75, 3.05) is 6.61 Å². The van der Waals surface area contributed by atoms with Gasteiger partial charge in [0.1, 0.15) is 11.4 Å². The van der Waals surface area contributed by atoms with E-state index in [-0.39, 0.29) is 18.2 Å². The Balaban J connectivity index is 1.37. The largest absolute Gasteiger partial charge is 0.482 e. The Morgan fingerprint density at radius 3 is 2.17 bits per heavy atom. The van der Waals surface area contributed by atoms with Crippen LogP contribution in [0.5, 0.6) is 5.75 Å². The predicted octanol–water partition coefficient (Wildman–Crippen LogP) is 4.13. The van der Waals surface area contributed by atoms with Gasteiger partial charge in [0.2, 0.25) is 0 Å². The first-order valence-corrected chi connectivity index (χ1v) is 8.94. The molecule has 0 unspecified atom stereocenters. The average molecular weight is 314 g/mol. The lowest BCUT2D eigenvalue weighted by molar-refractivity contribution is -0.204. The first-order chi connectivity index (χ1) is 11.0. The molecule has 0 atom stereocenters. The maximum absolute atomic E-state index is 12.3. The monoisotopic (exact) mass is 314 g/mol. The molecule has 4 bridgehead atoms. The van der Waals surface area contributed by atoms with Crippen LogP contribution < -0.4 is 4.74 Å². The van der Waals surface area contributed by atoms with Gasteiger partial charge in [-0.25, -0.2) is 4.79 Å². The molecule has 0 heterocycles. The molecule has 4 aliphatic rings. The molecule has 3 heteroatoms. The van der Waals surface area contributed by atoms with Crippen molar-refractivity contribution >= 4 is 5.97 Å². The molecule has 4 saturated carbocycles. The second-order valence-corrected chi connectivity index (χ2v) is 8.06. The molecular weight excluding hydrogens is 288 g/mol. The summed E-state index contributed by atoms with van der Waals surface area (Å²) >= 11 is 0. The quantitative estimate of drug-likeness (QED) is 0.784. The summed E-state index contributed by atoms with van der Waals surface area (Å²) in [5, 5.41) is 0. The maximum Gasteiger partial charge on any atom is 0.344 e. The van der Waals surface area contributed by atoms with E-state index in [0.29, 0.717) is 11.8 Å². The molecule has 5 rings (SSSR count). The van der Waals surface area contributed by atoms with Crippen molar-refractivity contribution in [2.45, 2.75) is 51.6 Å². The van der Waals surface area contributed by atoms with Crippen LogP contribution in [0.25, 0.3) is 0 Å². The molecule has 4 fully saturated rings. The molecule has 0 aromatic heterocycles. The fraction of sp³-hybridized carbons (Fsp3) is 0.650. The van der Waals surface area contributed by atoms with Gasteiger partial charge in [0.15, 0.2) is 6.61 Å². The first-order valence-electron chi connectivity index (χ1n) is 8.94. The van der Waals surface area contributed by atoms with E-state index < -0.39 is 0 Å². The number of carbonyl (C=O) groups excluding carboxylic acids is 1. The molecule has 1 aromatic carbocycles. The normalized spacial score (nSPS) is 37.7. The minimum absolute atomic E-state index is 0.00491. The molecule has 0 aliphatic heterocycles. The maximum atomic E-state index is 12.3. The highest BCUT2D eigenvalue weighted by Gasteiger charge is 2.57. The molecule has 0 saturated heterocycles. The highest BCUT2D eigenvalue weighted by Crippen LogP contribution is 2.59. The highest BCUT2D eigenvalue weighted by molar-refractivity contribution is 5.71. The molecule has 124 valence electrons. The number of ether oxygens (including phenoxy) is 2. The molecule has 0 radical (unpaired) electrons. The zero-order chi connectivity index (χ0) is 16.0. The minimum atomic E-state index is -0.263. The summed E-state index contributed by atoms with van der Waals surface area (Å²) in [6.45, 7) is 4.21. The van der Waals surface area contributed by atoms with Gasteiger partial charge < -0.3 is 9.47 Å². The smallest absolute Gasteiger partial charge is 0.344 e. The molecule has 0 amide bonds. The fourth-order valence-electron chi connectivity index (χ4n) is 5.34. The lowest BCUT2D eigenvalue weighted by Gasteiger charge is -2.59. The van der Waals surface area contributed by atoms with Gasteiger partial charge in [-0.1, -0.05) is 17.7 Å². The van der Waals surface area contributed by atoms with Gasteiger partial charge in [-0.05, 0) is 81.8 Å². The van der Waals surface area contributed by atoms with Crippen LogP contribution in [0.3, 0.4) is 0 Å². The summed E-state index contributed by atoms with van der Waals surface area (Å²) in [6.07, 6.45) is 6.39. The Kier molecular flexibility index (Phi) is 3.62. The van der Waals surface area contributed by atoms with Crippen LogP contribution in [0.1, 0.15) is 44.6 Å². The number of carbonyl (C=O) groups is 1. The van der Waals surface area contributed by atoms with Gasteiger partial charge in [0, 0.05) is 0 Å². The van der Waals surface area contributed by atoms with E-state index in [1.54, 1.807) is 0 Å². The Hall–Kier alpha value is -1.51. The van der Waals surface area contributed by atoms with Crippen LogP contribution in [0.4, 0.5) is 0 Å². The molecule has 4 aliphatic carbocycles. The third-order valence-corrected chi connectivity index (χ3v) is 6.47. The SMILES string of the molecule is Cc1ccc(OCC(=O)OC2(C)C3CC4CC(C3)CC2C4)cc1. The Morgan fingerprint density at radius 1 is 1.04 bits per heavy atom. The number of esters is 1. The molecule has 0 N–H and O–H groups in total. The lowest BCUT2D eigenvalue weighted by Crippen LogP contribution is -2.58. The van der Waals surface area contributed by atoms with Crippen LogP contribution in [0.15, 0.2) is 24.3 Å². The predicted molar refractivity (Wildman–Crippen MR) is 88.2 cm³/mol. The van der Waals surface area contributed by atoms with Gasteiger partial charge in [-0.15, -0.1) is 0 Å². The number of aryl methyl sites for hydroxylation is 1. The zero-order valence-electron chi connectivity index (χ0n) is 14.1. The number of rotatable bonds is 4. The van der Waals surface area contributed by atoms with Crippen LogP contribution >= 0.6 is 0 Å². The van der Waals surface area contributed by atoms with Crippen LogP contribution in [0.2, 0.25) is 0 Å². The standard InChI is InChI=1S/C20H26O3/c1-13-3-5-18(6-4-13)22-12-19(21)23-20(2)16-8-14-7-15(10-16)11-17(20)9-14/h3-6,14-17H,7-12H2,1-2H3. The first kappa shape index (κ1) is 15.0. The Bertz CT molecular complexity index is 561. The highest BCUT2D eigenvalue weighted by atomic mass is 16.6. The zero-order valence-corrected chi connectivity index (χ0v) is 14.1. The van der Waals surface area contributed by atoms with E-state index in [1.807, 2.05) is 31.2 Å². The van der Waals surface area contributed by atoms with E-state index in [9.17, 15) is 4.79 Å². The van der Waals surface area contributed by atoms with E-state index in [2.05, 4.69) is 6.92 Å². The number of hydrogen-bond donors (Lipinski definition) is 0. The third kappa shape index (κ3) is 2.75. The second kappa shape index (κ2) is 5.54. The van der Waals surface area contributed by atoms with Crippen molar-refractivity contribution in [1.82, 2.24) is 0 Å². The van der Waals surface area contributed by atoms with Crippen molar-refractivity contribution in [3.63, 3.8) is 0 Å². The lowest BCUT2D eigenvalue weighted by atomic mass is 9.50. The summed E-state index contributed by atoms with van der Waals surface area (Å²) in [5.41, 5.74) is 0.919. The third-order valence-electron chi connectivity index (χ3n) is 6.47. The average Bonchev–Trinajstić information content (AvgIpc) is 2.52. The molecule has 1 aromatic rings. The summed E-state index contributed by atoms with van der Waals surface area (Å²) in [4.78, 5) is 12.3. The van der Waals surface area contributed by atoms with Crippen molar-refractivity contribution < 1.29 is 14.3 Å². The van der Waals surface area contributed by atoms with E-state index in [4.69, 9.17) is 9.47 Å². The summed E-state index contributed by atoms with van der Waals surface area (Å²) in [5.74, 6) is 3.38. The fourth-order valence-corrected chi connectivity index (χ4v) is 5.34. The van der Waals surface area contributed by atoms with Gasteiger partial charge in [0.05, 0.1) is 0 Å². The van der Waals surface area contributed by atoms with E-state index in [0.717, 1.165) is 17.6 Å². The molecule has 23 heavy (non-hydrogen) atoms. The van der Waals surface area contributed by atoms with Crippen LogP contribution in [-0.2, 0) is 9.53 Å². The number of benzene rings is 1. The van der Waals surface area contributed by atoms with Crippen molar-refractivity contribution in [1.29, 1.82) is 0 Å². The van der Waals surface area contributed by atoms with Gasteiger partial charge >= 0.3 is 5.97 Å². The van der Waals surface area contributed by atoms with Crippen LogP contribution in [0, 0.1) is 30.6 Å². The summed E-state index contributed by atoms with van der Waals surface area (Å²) in [6, 6.07) is 7.76. The minimum Gasteiger partial charge on any atom is -0.482 e. The van der Waals surface area contributed by atoms with Crippen molar-refractivity contribution in [2.24, 2.45) is 23.7 Å². The molecular formula is C20H26O3. The number of hydrogen-bond acceptors (Lipinski definition) is 3. The molecule has 0 spiro atoms. The van der Waals surface area contributed by atoms with Gasteiger partial charge in [-0.3, -0.25) is 0 Å². The second-order valence-electron chi connectivity index (χ2n) is 8.06. The summed E-state index contributed by atoms with van der Waals surface area (Å²) < 4.78 is 11.6. The molecule has 3 nitrogen and oxygen atoms in total. The van der Waals surface area contributed by atoms with E-state index >= 15 is 0 Å². The Labute approximate surface area is 138 Å². The van der Waals surface area contributed by atoms with Gasteiger partial charge in [0.25, 0.3) is 0 Å². The topological polar surface area (TPSA) is 35.5 Å². The van der Waals surface area contributed by atoms with Crippen LogP contribution in [-0.4, -0.2) is 18.2 Å². The Morgan fingerprint density at radius 2 is 1.61 bits per heavy atom. The van der Waals surface area contributed by atoms with Crippen molar-refractivity contribution in [3.05, 3.63) is 29.8 Å². The van der Waals surface area contributed by atoms with E-state index in [1.165, 1.54) is 37.7 Å². The van der Waals surface area contributed by atoms with Gasteiger partial charge in [-0.2, -0.15) is 0 Å².